The zero-order valence-electron chi connectivity index (χ0n) is 19.2. The quantitative estimate of drug-likeness (QED) is 0.548. The number of carbonyl (C=O) groups is 3. The van der Waals surface area contributed by atoms with Crippen molar-refractivity contribution in [2.45, 2.75) is 25.9 Å². The van der Waals surface area contributed by atoms with Gasteiger partial charge in [0, 0.05) is 12.1 Å². The summed E-state index contributed by atoms with van der Waals surface area (Å²) in [6.07, 6.45) is -0.0717. The molecule has 2 amide bonds. The molecule has 0 fully saturated rings. The molecule has 1 N–H and O–H groups in total. The van der Waals surface area contributed by atoms with E-state index in [0.717, 1.165) is 5.56 Å². The molecule has 0 aliphatic carbocycles. The molecule has 0 bridgehead atoms. The topological polar surface area (TPSA) is 103 Å². The van der Waals surface area contributed by atoms with Crippen LogP contribution in [0.3, 0.4) is 0 Å². The zero-order chi connectivity index (χ0) is 24.0. The van der Waals surface area contributed by atoms with Gasteiger partial charge in [-0.3, -0.25) is 14.4 Å². The highest BCUT2D eigenvalue weighted by molar-refractivity contribution is 5.99. The normalized spacial score (nSPS) is 13.2. The molecular formula is C24H28N2O7. The number of methoxy groups -OCH3 is 3. The third kappa shape index (κ3) is 5.19. The minimum absolute atomic E-state index is 0.0717. The smallest absolute Gasteiger partial charge is 0.325 e. The van der Waals surface area contributed by atoms with Crippen molar-refractivity contribution in [2.24, 2.45) is 0 Å². The van der Waals surface area contributed by atoms with Crippen LogP contribution in [0.1, 0.15) is 40.9 Å². The van der Waals surface area contributed by atoms with E-state index in [1.807, 2.05) is 12.1 Å². The Morgan fingerprint density at radius 1 is 1.06 bits per heavy atom. The van der Waals surface area contributed by atoms with Crippen LogP contribution >= 0.6 is 0 Å². The molecule has 1 heterocycles. The lowest BCUT2D eigenvalue weighted by atomic mass is 10.00. The lowest BCUT2D eigenvalue weighted by Crippen LogP contribution is -2.36. The van der Waals surface area contributed by atoms with E-state index in [0.29, 0.717) is 34.9 Å². The Bertz CT molecular complexity index is 1010. The summed E-state index contributed by atoms with van der Waals surface area (Å²) in [6, 6.07) is 10.1. The molecule has 0 saturated carbocycles. The molecule has 0 radical (unpaired) electrons. The average molecular weight is 456 g/mol. The van der Waals surface area contributed by atoms with Gasteiger partial charge in [0.2, 0.25) is 11.7 Å². The summed E-state index contributed by atoms with van der Waals surface area (Å²) in [5, 5.41) is 2.57. The van der Waals surface area contributed by atoms with Crippen LogP contribution in [0.15, 0.2) is 36.4 Å². The van der Waals surface area contributed by atoms with Crippen LogP contribution in [0.4, 0.5) is 0 Å². The second-order valence-electron chi connectivity index (χ2n) is 7.35. The Balaban J connectivity index is 1.95. The van der Waals surface area contributed by atoms with Crippen molar-refractivity contribution >= 4 is 17.8 Å². The summed E-state index contributed by atoms with van der Waals surface area (Å²) >= 11 is 0. The second kappa shape index (κ2) is 10.7. The van der Waals surface area contributed by atoms with Crippen LogP contribution in [-0.2, 0) is 20.9 Å². The van der Waals surface area contributed by atoms with E-state index in [9.17, 15) is 14.4 Å². The van der Waals surface area contributed by atoms with Crippen LogP contribution < -0.4 is 19.5 Å². The first-order valence-electron chi connectivity index (χ1n) is 10.5. The molecule has 3 rings (SSSR count). The van der Waals surface area contributed by atoms with Crippen molar-refractivity contribution in [1.29, 1.82) is 0 Å². The molecule has 1 atom stereocenters. The summed E-state index contributed by atoms with van der Waals surface area (Å²) in [7, 11) is 4.50. The predicted octanol–water partition coefficient (Wildman–Crippen LogP) is 2.48. The number of hydrogen-bond acceptors (Lipinski definition) is 7. The molecule has 0 aromatic heterocycles. The number of benzene rings is 2. The van der Waals surface area contributed by atoms with E-state index >= 15 is 0 Å². The van der Waals surface area contributed by atoms with Crippen molar-refractivity contribution in [3.05, 3.63) is 53.1 Å². The SMILES string of the molecule is CCOC(=O)CNC(=O)CC(c1cc(OC)c(OC)c(OC)c1)N1Cc2ccccc2C1=O. The predicted molar refractivity (Wildman–Crippen MR) is 119 cm³/mol. The van der Waals surface area contributed by atoms with E-state index in [2.05, 4.69) is 5.32 Å². The van der Waals surface area contributed by atoms with Gasteiger partial charge in [0.25, 0.3) is 5.91 Å². The molecule has 9 heteroatoms. The lowest BCUT2D eigenvalue weighted by Gasteiger charge is -2.29. The highest BCUT2D eigenvalue weighted by atomic mass is 16.5. The number of ether oxygens (including phenoxy) is 4. The number of nitrogens with zero attached hydrogens (tertiary/aromatic N) is 1. The van der Waals surface area contributed by atoms with Gasteiger partial charge in [-0.1, -0.05) is 18.2 Å². The fourth-order valence-corrected chi connectivity index (χ4v) is 3.86. The summed E-state index contributed by atoms with van der Waals surface area (Å²) in [6.45, 7) is 2.02. The van der Waals surface area contributed by atoms with E-state index in [1.54, 1.807) is 36.1 Å². The van der Waals surface area contributed by atoms with Gasteiger partial charge in [-0.15, -0.1) is 0 Å². The molecule has 1 unspecified atom stereocenters. The largest absolute Gasteiger partial charge is 0.493 e. The van der Waals surface area contributed by atoms with E-state index in [-0.39, 0.29) is 25.5 Å². The standard InChI is InChI=1S/C24H28N2O7/c1-5-33-22(28)13-25-21(27)12-18(26-14-15-8-6-7-9-17(15)24(26)29)16-10-19(30-2)23(32-4)20(11-16)31-3/h6-11,18H,5,12-14H2,1-4H3,(H,25,27). The van der Waals surface area contributed by atoms with Crippen LogP contribution in [0.2, 0.25) is 0 Å². The first-order valence-corrected chi connectivity index (χ1v) is 10.5. The van der Waals surface area contributed by atoms with Gasteiger partial charge in [0.05, 0.1) is 40.4 Å². The van der Waals surface area contributed by atoms with Crippen molar-refractivity contribution in [3.8, 4) is 17.2 Å². The monoisotopic (exact) mass is 456 g/mol. The van der Waals surface area contributed by atoms with Crippen LogP contribution in [-0.4, -0.2) is 57.2 Å². The van der Waals surface area contributed by atoms with Gasteiger partial charge in [-0.05, 0) is 36.2 Å². The molecule has 2 aromatic carbocycles. The van der Waals surface area contributed by atoms with Gasteiger partial charge in [-0.2, -0.15) is 0 Å². The van der Waals surface area contributed by atoms with Gasteiger partial charge in [0.15, 0.2) is 11.5 Å². The van der Waals surface area contributed by atoms with E-state index in [4.69, 9.17) is 18.9 Å². The first-order chi connectivity index (χ1) is 15.9. The molecule has 2 aromatic rings. The van der Waals surface area contributed by atoms with Crippen molar-refractivity contribution < 1.29 is 33.3 Å². The third-order valence-corrected chi connectivity index (χ3v) is 5.41. The van der Waals surface area contributed by atoms with Crippen LogP contribution in [0, 0.1) is 0 Å². The summed E-state index contributed by atoms with van der Waals surface area (Å²) < 4.78 is 21.2. The number of carbonyl (C=O) groups excluding carboxylic acids is 3. The molecule has 0 saturated heterocycles. The maximum atomic E-state index is 13.2. The highest BCUT2D eigenvalue weighted by Gasteiger charge is 2.35. The summed E-state index contributed by atoms with van der Waals surface area (Å²) in [5.41, 5.74) is 2.12. The maximum Gasteiger partial charge on any atom is 0.325 e. The molecule has 0 spiro atoms. The molecule has 1 aliphatic heterocycles. The lowest BCUT2D eigenvalue weighted by molar-refractivity contribution is -0.143. The molecular weight excluding hydrogens is 428 g/mol. The Morgan fingerprint density at radius 3 is 2.30 bits per heavy atom. The molecule has 9 nitrogen and oxygen atoms in total. The molecule has 1 aliphatic rings. The average Bonchev–Trinajstić information content (AvgIpc) is 3.16. The van der Waals surface area contributed by atoms with E-state index in [1.165, 1.54) is 21.3 Å². The number of amides is 2. The first kappa shape index (κ1) is 23.9. The number of hydrogen-bond donors (Lipinski definition) is 1. The van der Waals surface area contributed by atoms with Gasteiger partial charge in [0.1, 0.15) is 6.54 Å². The Morgan fingerprint density at radius 2 is 1.73 bits per heavy atom. The summed E-state index contributed by atoms with van der Waals surface area (Å²) in [5.74, 6) is 0.124. The van der Waals surface area contributed by atoms with Crippen LogP contribution in [0.25, 0.3) is 0 Å². The Labute approximate surface area is 192 Å². The van der Waals surface area contributed by atoms with Crippen LogP contribution in [0.5, 0.6) is 17.2 Å². The number of esters is 1. The van der Waals surface area contributed by atoms with Gasteiger partial charge >= 0.3 is 5.97 Å². The minimum Gasteiger partial charge on any atom is -0.493 e. The fourth-order valence-electron chi connectivity index (χ4n) is 3.86. The van der Waals surface area contributed by atoms with Gasteiger partial charge < -0.3 is 29.2 Å². The molecule has 176 valence electrons. The third-order valence-electron chi connectivity index (χ3n) is 5.41. The number of rotatable bonds is 10. The van der Waals surface area contributed by atoms with E-state index < -0.39 is 17.9 Å². The van der Waals surface area contributed by atoms with Crippen molar-refractivity contribution in [2.75, 3.05) is 34.5 Å². The van der Waals surface area contributed by atoms with Gasteiger partial charge in [-0.25, -0.2) is 0 Å². The molecule has 33 heavy (non-hydrogen) atoms. The highest BCUT2D eigenvalue weighted by Crippen LogP contribution is 2.42. The number of fused-ring (bicyclic) bond motifs is 1. The van der Waals surface area contributed by atoms with Crippen molar-refractivity contribution in [1.82, 2.24) is 10.2 Å². The number of nitrogens with one attached hydrogen (secondary N) is 1. The second-order valence-corrected chi connectivity index (χ2v) is 7.35. The Hall–Kier alpha value is -3.75. The Kier molecular flexibility index (Phi) is 7.76. The maximum absolute atomic E-state index is 13.2. The zero-order valence-corrected chi connectivity index (χ0v) is 19.2. The van der Waals surface area contributed by atoms with Crippen molar-refractivity contribution in [3.63, 3.8) is 0 Å². The fraction of sp³-hybridized carbons (Fsp3) is 0.375. The summed E-state index contributed by atoms with van der Waals surface area (Å²) in [4.78, 5) is 39.3. The minimum atomic E-state index is -0.638.